The zero-order valence-electron chi connectivity index (χ0n) is 30.0. The summed E-state index contributed by atoms with van der Waals surface area (Å²) in [7, 11) is 3.56. The van der Waals surface area contributed by atoms with Crippen molar-refractivity contribution in [1.29, 1.82) is 0 Å². The summed E-state index contributed by atoms with van der Waals surface area (Å²) < 4.78 is 11.6. The average Bonchev–Trinajstić information content (AvgIpc) is 3.60. The van der Waals surface area contributed by atoms with E-state index in [9.17, 15) is 0 Å². The van der Waals surface area contributed by atoms with Gasteiger partial charge in [-0.3, -0.25) is 0 Å². The number of ether oxygens (including phenoxy) is 2. The largest absolute Gasteiger partial charge is 4.00 e. The van der Waals surface area contributed by atoms with Crippen molar-refractivity contribution in [2.75, 3.05) is 14.2 Å². The van der Waals surface area contributed by atoms with Crippen LogP contribution in [0.15, 0.2) is 72.8 Å². The van der Waals surface area contributed by atoms with E-state index < -0.39 is 0 Å². The summed E-state index contributed by atoms with van der Waals surface area (Å²) in [5.41, 5.74) is 10.4. The van der Waals surface area contributed by atoms with Gasteiger partial charge in [0.1, 0.15) is 11.5 Å². The van der Waals surface area contributed by atoms with Crippen molar-refractivity contribution in [3.05, 3.63) is 95.1 Å². The van der Waals surface area contributed by atoms with Gasteiger partial charge in [-0.05, 0) is 43.9 Å². The minimum atomic E-state index is 0. The summed E-state index contributed by atoms with van der Waals surface area (Å²) in [5, 5.41) is 0. The zero-order valence-corrected chi connectivity index (χ0v) is 34.0. The maximum atomic E-state index is 5.80. The van der Waals surface area contributed by atoms with E-state index in [1.54, 1.807) is 14.2 Å². The van der Waals surface area contributed by atoms with Crippen molar-refractivity contribution >= 4 is 0 Å². The topological polar surface area (TPSA) is 18.5 Å². The molecule has 0 atom stereocenters. The molecule has 0 aliphatic rings. The third kappa shape index (κ3) is 10.6. The summed E-state index contributed by atoms with van der Waals surface area (Å²) in [6, 6.07) is 26.2. The number of hydrogen-bond donors (Lipinski definition) is 0. The Morgan fingerprint density at radius 3 is 0.778 bits per heavy atom. The maximum absolute atomic E-state index is 5.80. The van der Waals surface area contributed by atoms with Gasteiger partial charge in [0.05, 0.1) is 14.2 Å². The average molecular weight is 729 g/mol. The monoisotopic (exact) mass is 726 g/mol. The summed E-state index contributed by atoms with van der Waals surface area (Å²) >= 11 is 0. The zero-order chi connectivity index (χ0) is 31.7. The first-order valence-corrected chi connectivity index (χ1v) is 15.2. The molecule has 4 aromatic rings. The Labute approximate surface area is 306 Å². The maximum Gasteiger partial charge on any atom is 4.00 e. The molecule has 0 bridgehead atoms. The molecule has 0 heterocycles. The number of hydrogen-bond acceptors (Lipinski definition) is 2. The fourth-order valence-electron chi connectivity index (χ4n) is 5.39. The van der Waals surface area contributed by atoms with E-state index in [0.717, 1.165) is 11.5 Å². The Hall–Kier alpha value is -1.80. The normalized spacial score (nSPS) is 11.7. The second-order valence-corrected chi connectivity index (χ2v) is 15.6. The van der Waals surface area contributed by atoms with Crippen LogP contribution in [0.25, 0.3) is 22.3 Å². The van der Waals surface area contributed by atoms with Crippen LogP contribution in [0.3, 0.4) is 0 Å². The predicted octanol–water partition coefficient (Wildman–Crippen LogP) is 5.36. The van der Waals surface area contributed by atoms with Crippen LogP contribution in [0.4, 0.5) is 0 Å². The van der Waals surface area contributed by atoms with E-state index in [1.807, 2.05) is 0 Å². The number of rotatable bonds is 4. The number of benzene rings is 2. The van der Waals surface area contributed by atoms with E-state index in [0.29, 0.717) is 0 Å². The molecule has 0 amide bonds. The Morgan fingerprint density at radius 2 is 0.622 bits per heavy atom. The van der Waals surface area contributed by atoms with E-state index >= 15 is 0 Å². The molecule has 0 aromatic heterocycles. The summed E-state index contributed by atoms with van der Waals surface area (Å²) in [6.45, 7) is 26.9. The first-order chi connectivity index (χ1) is 19.3. The SMILES string of the molecule is COc1c(C(C)(C)C)cc(-[c-]2cccc2)cc1C(C)(C)C.COc1c(C(C)(C)C)cc(-[c-]2cccc2)cc1C(C)(C)C.[Cl-].[Cl-].[Zr+4]. The van der Waals surface area contributed by atoms with E-state index in [-0.39, 0.29) is 72.7 Å². The van der Waals surface area contributed by atoms with Crippen LogP contribution in [0.2, 0.25) is 0 Å². The van der Waals surface area contributed by atoms with Gasteiger partial charge >= 0.3 is 26.2 Å². The number of methoxy groups -OCH3 is 2. The third-order valence-corrected chi connectivity index (χ3v) is 7.81. The molecule has 2 nitrogen and oxygen atoms in total. The van der Waals surface area contributed by atoms with Gasteiger partial charge in [0, 0.05) is 0 Å². The van der Waals surface area contributed by atoms with Crippen LogP contribution in [0, 0.1) is 0 Å². The summed E-state index contributed by atoms with van der Waals surface area (Å²) in [4.78, 5) is 0. The van der Waals surface area contributed by atoms with Gasteiger partial charge in [-0.1, -0.05) is 94.2 Å². The Kier molecular flexibility index (Phi) is 15.7. The molecule has 0 N–H and O–H groups in total. The second kappa shape index (κ2) is 16.3. The van der Waals surface area contributed by atoms with Crippen LogP contribution >= 0.6 is 0 Å². The molecule has 5 heteroatoms. The first kappa shape index (κ1) is 43.2. The Morgan fingerprint density at radius 1 is 0.422 bits per heavy atom. The Bertz CT molecular complexity index is 1270. The van der Waals surface area contributed by atoms with Gasteiger partial charge < -0.3 is 34.3 Å². The number of halogens is 2. The van der Waals surface area contributed by atoms with E-state index in [1.165, 1.54) is 44.5 Å². The van der Waals surface area contributed by atoms with Crippen LogP contribution in [-0.4, -0.2) is 14.2 Å². The third-order valence-electron chi connectivity index (χ3n) is 7.81. The minimum absolute atomic E-state index is 0. The van der Waals surface area contributed by atoms with Crippen LogP contribution in [0.1, 0.15) is 105 Å². The van der Waals surface area contributed by atoms with Gasteiger partial charge in [-0.2, -0.15) is 24.3 Å². The molecule has 0 saturated heterocycles. The molecule has 4 rings (SSSR count). The van der Waals surface area contributed by atoms with Crippen molar-refractivity contribution in [1.82, 2.24) is 0 Å². The molecule has 0 saturated carbocycles. The van der Waals surface area contributed by atoms with Crippen LogP contribution in [-0.2, 0) is 47.9 Å². The van der Waals surface area contributed by atoms with Gasteiger partial charge in [0.2, 0.25) is 0 Å². The van der Waals surface area contributed by atoms with Crippen molar-refractivity contribution in [3.63, 3.8) is 0 Å². The first-order valence-electron chi connectivity index (χ1n) is 15.2. The molecule has 0 aliphatic carbocycles. The fraction of sp³-hybridized carbons (Fsp3) is 0.450. The molecule has 45 heavy (non-hydrogen) atoms. The quantitative estimate of drug-likeness (QED) is 0.264. The van der Waals surface area contributed by atoms with Gasteiger partial charge in [-0.25, -0.2) is 0 Å². The fourth-order valence-corrected chi connectivity index (χ4v) is 5.39. The standard InChI is InChI=1S/2C20H27O.2ClH.Zr/c2*1-19(2,3)16-12-15(14-10-8-9-11-14)13-17(18(16)21-7)20(4,5)6;;;/h2*8-13H,1-7H3;2*1H;/q2*-1;;;+4/p-2. The molecule has 0 aliphatic heterocycles. The van der Waals surface area contributed by atoms with Crippen LogP contribution < -0.4 is 34.3 Å². The van der Waals surface area contributed by atoms with Gasteiger partial charge in [0.25, 0.3) is 0 Å². The molecule has 0 unspecified atom stereocenters. The molecule has 4 aromatic carbocycles. The van der Waals surface area contributed by atoms with Crippen LogP contribution in [0.5, 0.6) is 11.5 Å². The molecule has 0 spiro atoms. The second-order valence-electron chi connectivity index (χ2n) is 15.6. The predicted molar refractivity (Wildman–Crippen MR) is 183 cm³/mol. The van der Waals surface area contributed by atoms with Crippen molar-refractivity contribution in [2.24, 2.45) is 0 Å². The van der Waals surface area contributed by atoms with Gasteiger partial charge in [-0.15, -0.1) is 59.7 Å². The van der Waals surface area contributed by atoms with E-state index in [2.05, 4.69) is 156 Å². The molecular weight excluding hydrogens is 675 g/mol. The van der Waals surface area contributed by atoms with Crippen molar-refractivity contribution < 1.29 is 60.5 Å². The van der Waals surface area contributed by atoms with Gasteiger partial charge in [0.15, 0.2) is 0 Å². The molecule has 0 radical (unpaired) electrons. The van der Waals surface area contributed by atoms with E-state index in [4.69, 9.17) is 9.47 Å². The molecule has 0 fully saturated rings. The van der Waals surface area contributed by atoms with Crippen molar-refractivity contribution in [2.45, 2.75) is 105 Å². The molecular formula is C40H54Cl2O2Zr. The Balaban J connectivity index is 0.000000807. The molecule has 244 valence electrons. The summed E-state index contributed by atoms with van der Waals surface area (Å²) in [5.74, 6) is 2.07. The summed E-state index contributed by atoms with van der Waals surface area (Å²) in [6.07, 6.45) is 0. The van der Waals surface area contributed by atoms with Crippen molar-refractivity contribution in [3.8, 4) is 33.8 Å². The minimum Gasteiger partial charge on any atom is -1.00 e. The smallest absolute Gasteiger partial charge is 1.00 e.